The fraction of sp³-hybridized carbons (Fsp3) is 0.263. The van der Waals surface area contributed by atoms with E-state index in [4.69, 9.17) is 18.6 Å². The Bertz CT molecular complexity index is 1000. The molecule has 2 heterocycles. The second kappa shape index (κ2) is 8.13. The lowest BCUT2D eigenvalue weighted by Gasteiger charge is -2.14. The van der Waals surface area contributed by atoms with Gasteiger partial charge in [-0.1, -0.05) is 0 Å². The number of aryl methyl sites for hydroxylation is 1. The third kappa shape index (κ3) is 3.75. The summed E-state index contributed by atoms with van der Waals surface area (Å²) in [4.78, 5) is 5.05. The lowest BCUT2D eigenvalue weighted by molar-refractivity contribution is 0.324. The van der Waals surface area contributed by atoms with E-state index in [2.05, 4.69) is 10.1 Å². The molecule has 8 heteroatoms. The van der Waals surface area contributed by atoms with Crippen molar-refractivity contribution in [2.24, 2.45) is 10.1 Å². The first-order chi connectivity index (χ1) is 13.1. The summed E-state index contributed by atoms with van der Waals surface area (Å²) in [6.07, 6.45) is 1.66. The number of furan rings is 1. The van der Waals surface area contributed by atoms with Gasteiger partial charge in [-0.15, -0.1) is 11.3 Å². The molecule has 0 radical (unpaired) electrons. The Morgan fingerprint density at radius 2 is 1.78 bits per heavy atom. The van der Waals surface area contributed by atoms with Crippen LogP contribution in [0.3, 0.4) is 0 Å². The maximum Gasteiger partial charge on any atom is 0.205 e. The van der Waals surface area contributed by atoms with Gasteiger partial charge in [-0.2, -0.15) is 5.10 Å². The summed E-state index contributed by atoms with van der Waals surface area (Å²) in [7, 11) is 6.49. The van der Waals surface area contributed by atoms with Gasteiger partial charge in [0.2, 0.25) is 10.6 Å². The topological polar surface area (TPSA) is 70.5 Å². The number of hydrogen-bond donors (Lipinski definition) is 0. The smallest absolute Gasteiger partial charge is 0.205 e. The molecular weight excluding hydrogens is 366 g/mol. The third-order valence-electron chi connectivity index (χ3n) is 3.90. The molecule has 0 unspecified atom stereocenters. The molecule has 0 atom stereocenters. The first kappa shape index (κ1) is 18.8. The number of methoxy groups -OCH3 is 3. The van der Waals surface area contributed by atoms with Crippen molar-refractivity contribution in [3.05, 3.63) is 46.0 Å². The molecule has 3 aromatic rings. The molecule has 27 heavy (non-hydrogen) atoms. The summed E-state index contributed by atoms with van der Waals surface area (Å²) in [6.45, 7) is 1.89. The molecule has 142 valence electrons. The van der Waals surface area contributed by atoms with Crippen LogP contribution in [0, 0.1) is 6.92 Å². The van der Waals surface area contributed by atoms with Gasteiger partial charge in [0, 0.05) is 18.0 Å². The van der Waals surface area contributed by atoms with Crippen LogP contribution in [0.2, 0.25) is 0 Å². The van der Waals surface area contributed by atoms with E-state index in [1.807, 2.05) is 36.6 Å². The van der Waals surface area contributed by atoms with E-state index in [0.717, 1.165) is 21.8 Å². The summed E-state index contributed by atoms with van der Waals surface area (Å²) >= 11 is 1.49. The molecule has 0 aliphatic heterocycles. The predicted octanol–water partition coefficient (Wildman–Crippen LogP) is 3.56. The molecule has 0 spiro atoms. The molecule has 2 aromatic heterocycles. The van der Waals surface area contributed by atoms with Gasteiger partial charge in [-0.3, -0.25) is 4.99 Å². The normalized spacial score (nSPS) is 12.0. The summed E-state index contributed by atoms with van der Waals surface area (Å²) < 4.78 is 23.6. The number of nitrogens with zero attached hydrogens (tertiary/aromatic N) is 3. The molecule has 0 aliphatic rings. The van der Waals surface area contributed by atoms with Crippen LogP contribution in [0.25, 0.3) is 11.3 Å². The predicted molar refractivity (Wildman–Crippen MR) is 105 cm³/mol. The zero-order valence-corrected chi connectivity index (χ0v) is 16.7. The van der Waals surface area contributed by atoms with E-state index < -0.39 is 0 Å². The monoisotopic (exact) mass is 387 g/mol. The highest BCUT2D eigenvalue weighted by Gasteiger charge is 2.16. The zero-order valence-electron chi connectivity index (χ0n) is 15.8. The number of aromatic nitrogens is 1. The van der Waals surface area contributed by atoms with Crippen LogP contribution in [0.5, 0.6) is 17.2 Å². The van der Waals surface area contributed by atoms with E-state index in [-0.39, 0.29) is 0 Å². The van der Waals surface area contributed by atoms with E-state index in [1.54, 1.807) is 39.3 Å². The van der Waals surface area contributed by atoms with Crippen molar-refractivity contribution in [1.29, 1.82) is 0 Å². The molecular formula is C19H21N3O4S. The fourth-order valence-electron chi connectivity index (χ4n) is 2.63. The van der Waals surface area contributed by atoms with E-state index in [9.17, 15) is 0 Å². The maximum absolute atomic E-state index is 5.56. The second-order valence-electron chi connectivity index (χ2n) is 5.55. The number of thiazole rings is 1. The van der Waals surface area contributed by atoms with Gasteiger partial charge < -0.3 is 18.6 Å². The summed E-state index contributed by atoms with van der Waals surface area (Å²) in [5.74, 6) is 3.19. The summed E-state index contributed by atoms with van der Waals surface area (Å²) in [6, 6.07) is 7.52. The number of ether oxygens (including phenoxy) is 3. The van der Waals surface area contributed by atoms with Gasteiger partial charge in [0.25, 0.3) is 0 Å². The van der Waals surface area contributed by atoms with Gasteiger partial charge >= 0.3 is 0 Å². The number of benzene rings is 1. The van der Waals surface area contributed by atoms with Crippen molar-refractivity contribution in [1.82, 2.24) is 4.68 Å². The van der Waals surface area contributed by atoms with Gasteiger partial charge in [0.15, 0.2) is 11.5 Å². The van der Waals surface area contributed by atoms with Crippen LogP contribution in [-0.2, 0) is 0 Å². The van der Waals surface area contributed by atoms with Crippen LogP contribution in [-0.4, -0.2) is 39.3 Å². The highest BCUT2D eigenvalue weighted by molar-refractivity contribution is 7.07. The molecule has 0 aliphatic carbocycles. The van der Waals surface area contributed by atoms with Crippen LogP contribution in [0.1, 0.15) is 11.5 Å². The highest BCUT2D eigenvalue weighted by Crippen LogP contribution is 2.41. The maximum atomic E-state index is 5.56. The average Bonchev–Trinajstić information content (AvgIpc) is 3.30. The minimum absolute atomic E-state index is 0.542. The summed E-state index contributed by atoms with van der Waals surface area (Å²) in [5, 5.41) is 6.53. The Hall–Kier alpha value is -3.00. The van der Waals surface area contributed by atoms with E-state index in [1.165, 1.54) is 11.3 Å². The third-order valence-corrected chi connectivity index (χ3v) is 4.81. The Balaban J connectivity index is 2.13. The minimum Gasteiger partial charge on any atom is -0.493 e. The highest BCUT2D eigenvalue weighted by atomic mass is 32.1. The summed E-state index contributed by atoms with van der Waals surface area (Å²) in [5.41, 5.74) is 1.71. The van der Waals surface area contributed by atoms with Gasteiger partial charge in [-0.05, 0) is 31.2 Å². The average molecular weight is 387 g/mol. The van der Waals surface area contributed by atoms with Gasteiger partial charge in [-0.25, -0.2) is 4.68 Å². The molecule has 0 amide bonds. The zero-order chi connectivity index (χ0) is 19.4. The molecule has 0 saturated carbocycles. The minimum atomic E-state index is 0.542. The van der Waals surface area contributed by atoms with Crippen molar-refractivity contribution in [3.63, 3.8) is 0 Å². The van der Waals surface area contributed by atoms with Crippen molar-refractivity contribution in [2.45, 2.75) is 6.92 Å². The van der Waals surface area contributed by atoms with Crippen molar-refractivity contribution >= 4 is 17.6 Å². The number of rotatable bonds is 6. The SMILES string of the molecule is CN=c1scc(-c2cc(OC)c(OC)c(OC)c2)n1N=Cc1ccc(C)o1. The van der Waals surface area contributed by atoms with Gasteiger partial charge in [0.1, 0.15) is 11.5 Å². The van der Waals surface area contributed by atoms with Crippen LogP contribution in [0.15, 0.2) is 44.2 Å². The molecule has 7 nitrogen and oxygen atoms in total. The Kier molecular flexibility index (Phi) is 5.66. The lowest BCUT2D eigenvalue weighted by Crippen LogP contribution is -2.11. The van der Waals surface area contributed by atoms with Crippen LogP contribution >= 0.6 is 11.3 Å². The fourth-order valence-corrected chi connectivity index (χ4v) is 3.43. The van der Waals surface area contributed by atoms with Gasteiger partial charge in [0.05, 0.1) is 33.2 Å². The standard InChI is InChI=1S/C19H21N3O4S/c1-12-6-7-14(26-12)10-21-22-15(11-27-19(22)20-2)13-8-16(23-3)18(25-5)17(9-13)24-4/h6-11H,1-5H3. The molecule has 0 fully saturated rings. The van der Waals surface area contributed by atoms with E-state index in [0.29, 0.717) is 23.0 Å². The van der Waals surface area contributed by atoms with Crippen LogP contribution < -0.4 is 19.0 Å². The first-order valence-corrected chi connectivity index (χ1v) is 9.03. The Labute approximate surface area is 161 Å². The Morgan fingerprint density at radius 3 is 2.30 bits per heavy atom. The molecule has 0 N–H and O–H groups in total. The first-order valence-electron chi connectivity index (χ1n) is 8.15. The number of hydrogen-bond acceptors (Lipinski definition) is 7. The van der Waals surface area contributed by atoms with Crippen molar-refractivity contribution in [2.75, 3.05) is 28.4 Å². The largest absolute Gasteiger partial charge is 0.493 e. The molecule has 0 saturated heterocycles. The van der Waals surface area contributed by atoms with Crippen LogP contribution in [0.4, 0.5) is 0 Å². The quantitative estimate of drug-likeness (QED) is 0.607. The molecule has 1 aromatic carbocycles. The molecule has 3 rings (SSSR count). The van der Waals surface area contributed by atoms with Crippen molar-refractivity contribution < 1.29 is 18.6 Å². The second-order valence-corrected chi connectivity index (χ2v) is 6.38. The Morgan fingerprint density at radius 1 is 1.07 bits per heavy atom. The lowest BCUT2D eigenvalue weighted by atomic mass is 10.1. The van der Waals surface area contributed by atoms with E-state index >= 15 is 0 Å². The molecule has 0 bridgehead atoms. The van der Waals surface area contributed by atoms with Crippen molar-refractivity contribution in [3.8, 4) is 28.5 Å².